The van der Waals surface area contributed by atoms with Crippen LogP contribution >= 0.6 is 0 Å². The largest absolute Gasteiger partial charge is 0.492 e. The monoisotopic (exact) mass is 601 g/mol. The third-order valence-electron chi connectivity index (χ3n) is 6.87. The number of anilines is 1. The van der Waals surface area contributed by atoms with Crippen LogP contribution in [-0.2, 0) is 29.6 Å². The van der Waals surface area contributed by atoms with E-state index in [2.05, 4.69) is 5.32 Å². The molecule has 3 aromatic carbocycles. The summed E-state index contributed by atoms with van der Waals surface area (Å²) < 4.78 is 66.2. The maximum Gasteiger partial charge on any atom is 0.264 e. The highest BCUT2D eigenvalue weighted by atomic mass is 32.2. The molecule has 1 fully saturated rings. The first-order valence-electron chi connectivity index (χ1n) is 13.2. The zero-order chi connectivity index (χ0) is 29.6. The number of carbonyl (C=O) groups is 1. The van der Waals surface area contributed by atoms with Gasteiger partial charge in [-0.25, -0.2) is 16.8 Å². The maximum atomic E-state index is 13.6. The number of hydrogen-bond donors (Lipinski definition) is 1. The Morgan fingerprint density at radius 1 is 0.902 bits per heavy atom. The minimum Gasteiger partial charge on any atom is -0.492 e. The summed E-state index contributed by atoms with van der Waals surface area (Å²) in [5, 5.41) is 2.71. The standard InChI is InChI=1S/C29H35N3O7S2/c1-22-7-11-27(12-8-22)41(36,37)32(28-6-4-5-23(2)24(28)3)21-29(33)30-15-18-39-25-9-13-26(14-10-25)40(34,35)31-16-19-38-20-17-31/h4-14H,15-21H2,1-3H3,(H,30,33). The van der Waals surface area contributed by atoms with E-state index in [0.29, 0.717) is 37.7 Å². The predicted molar refractivity (Wildman–Crippen MR) is 156 cm³/mol. The van der Waals surface area contributed by atoms with Crippen molar-refractivity contribution in [2.75, 3.05) is 50.3 Å². The number of aryl methyl sites for hydroxylation is 2. The molecule has 220 valence electrons. The van der Waals surface area contributed by atoms with Gasteiger partial charge in [0, 0.05) is 13.1 Å². The van der Waals surface area contributed by atoms with Gasteiger partial charge in [-0.2, -0.15) is 4.31 Å². The Morgan fingerprint density at radius 2 is 1.54 bits per heavy atom. The molecule has 1 N–H and O–H groups in total. The Kier molecular flexibility index (Phi) is 9.69. The van der Waals surface area contributed by atoms with Crippen molar-refractivity contribution in [2.24, 2.45) is 0 Å². The van der Waals surface area contributed by atoms with Gasteiger partial charge in [-0.15, -0.1) is 0 Å². The van der Waals surface area contributed by atoms with Crippen molar-refractivity contribution in [2.45, 2.75) is 30.6 Å². The highest BCUT2D eigenvalue weighted by Gasteiger charge is 2.29. The fourth-order valence-corrected chi connectivity index (χ4v) is 7.22. The topological polar surface area (TPSA) is 122 Å². The van der Waals surface area contributed by atoms with Crippen LogP contribution in [0.4, 0.5) is 5.69 Å². The van der Waals surface area contributed by atoms with Crippen molar-refractivity contribution in [1.29, 1.82) is 0 Å². The number of carbonyl (C=O) groups excluding carboxylic acids is 1. The Hall–Kier alpha value is -3.45. The van der Waals surface area contributed by atoms with Crippen LogP contribution in [0.5, 0.6) is 5.75 Å². The first kappa shape index (κ1) is 30.5. The summed E-state index contributed by atoms with van der Waals surface area (Å²) in [6.07, 6.45) is 0. The number of benzene rings is 3. The molecule has 4 rings (SSSR count). The van der Waals surface area contributed by atoms with Gasteiger partial charge in [-0.1, -0.05) is 29.8 Å². The zero-order valence-corrected chi connectivity index (χ0v) is 25.0. The van der Waals surface area contributed by atoms with Crippen LogP contribution in [0.25, 0.3) is 0 Å². The molecule has 1 amide bonds. The van der Waals surface area contributed by atoms with Gasteiger partial charge in [0.25, 0.3) is 10.0 Å². The van der Waals surface area contributed by atoms with Crippen LogP contribution in [0.1, 0.15) is 16.7 Å². The average molecular weight is 602 g/mol. The third-order valence-corrected chi connectivity index (χ3v) is 10.6. The van der Waals surface area contributed by atoms with Crippen LogP contribution in [0.15, 0.2) is 76.5 Å². The van der Waals surface area contributed by atoms with Crippen molar-refractivity contribution in [3.05, 3.63) is 83.4 Å². The van der Waals surface area contributed by atoms with E-state index in [0.717, 1.165) is 21.0 Å². The van der Waals surface area contributed by atoms with E-state index < -0.39 is 32.5 Å². The molecule has 10 nitrogen and oxygen atoms in total. The van der Waals surface area contributed by atoms with Gasteiger partial charge in [0.15, 0.2) is 0 Å². The molecule has 1 heterocycles. The minimum atomic E-state index is -4.02. The van der Waals surface area contributed by atoms with Gasteiger partial charge in [0.2, 0.25) is 15.9 Å². The Morgan fingerprint density at radius 3 is 2.20 bits per heavy atom. The number of nitrogens with one attached hydrogen (secondary N) is 1. The molecule has 1 saturated heterocycles. The molecule has 0 atom stereocenters. The van der Waals surface area contributed by atoms with Crippen molar-refractivity contribution in [3.8, 4) is 5.75 Å². The van der Waals surface area contributed by atoms with Crippen LogP contribution in [0.2, 0.25) is 0 Å². The highest BCUT2D eigenvalue weighted by molar-refractivity contribution is 7.92. The first-order chi connectivity index (χ1) is 19.5. The molecular formula is C29H35N3O7S2. The molecule has 0 aromatic heterocycles. The van der Waals surface area contributed by atoms with E-state index in [4.69, 9.17) is 9.47 Å². The first-order valence-corrected chi connectivity index (χ1v) is 16.1. The Balaban J connectivity index is 1.38. The maximum absolute atomic E-state index is 13.6. The van der Waals surface area contributed by atoms with Crippen LogP contribution in [0, 0.1) is 20.8 Å². The number of sulfonamides is 2. The lowest BCUT2D eigenvalue weighted by atomic mass is 10.1. The lowest BCUT2D eigenvalue weighted by Crippen LogP contribution is -2.42. The molecule has 0 radical (unpaired) electrons. The summed E-state index contributed by atoms with van der Waals surface area (Å²) in [5.41, 5.74) is 3.03. The third kappa shape index (κ3) is 7.25. The van der Waals surface area contributed by atoms with Gasteiger partial charge in [0.05, 0.1) is 35.2 Å². The van der Waals surface area contributed by atoms with E-state index in [-0.39, 0.29) is 22.9 Å². The summed E-state index contributed by atoms with van der Waals surface area (Å²) in [5.74, 6) is -0.0451. The summed E-state index contributed by atoms with van der Waals surface area (Å²) in [6, 6.07) is 17.9. The summed E-state index contributed by atoms with van der Waals surface area (Å²) in [7, 11) is -7.62. The summed E-state index contributed by atoms with van der Waals surface area (Å²) in [6.45, 7) is 6.76. The fourth-order valence-electron chi connectivity index (χ4n) is 4.33. The van der Waals surface area contributed by atoms with Gasteiger partial charge < -0.3 is 14.8 Å². The van der Waals surface area contributed by atoms with E-state index >= 15 is 0 Å². The second-order valence-electron chi connectivity index (χ2n) is 9.73. The lowest BCUT2D eigenvalue weighted by molar-refractivity contribution is -0.119. The normalized spacial score (nSPS) is 14.4. The van der Waals surface area contributed by atoms with Crippen LogP contribution in [-0.4, -0.2) is 73.0 Å². The molecule has 1 aliphatic heterocycles. The van der Waals surface area contributed by atoms with Crippen molar-refractivity contribution in [3.63, 3.8) is 0 Å². The molecule has 0 aliphatic carbocycles. The molecule has 0 unspecified atom stereocenters. The lowest BCUT2D eigenvalue weighted by Gasteiger charge is -2.26. The zero-order valence-electron chi connectivity index (χ0n) is 23.4. The quantitative estimate of drug-likeness (QED) is 0.335. The molecule has 0 saturated carbocycles. The predicted octanol–water partition coefficient (Wildman–Crippen LogP) is 3.02. The average Bonchev–Trinajstić information content (AvgIpc) is 2.96. The van der Waals surface area contributed by atoms with Crippen molar-refractivity contribution < 1.29 is 31.1 Å². The van der Waals surface area contributed by atoms with E-state index in [1.165, 1.54) is 28.6 Å². The number of amides is 1. The number of rotatable bonds is 11. The Labute approximate surface area is 242 Å². The van der Waals surface area contributed by atoms with Gasteiger partial charge in [-0.05, 0) is 74.4 Å². The minimum absolute atomic E-state index is 0.0965. The second kappa shape index (κ2) is 13.0. The number of ether oxygens (including phenoxy) is 2. The summed E-state index contributed by atoms with van der Waals surface area (Å²) >= 11 is 0. The molecule has 1 aliphatic rings. The second-order valence-corrected chi connectivity index (χ2v) is 13.5. The molecule has 0 bridgehead atoms. The van der Waals surface area contributed by atoms with Gasteiger partial charge in [-0.3, -0.25) is 9.10 Å². The number of hydrogen-bond acceptors (Lipinski definition) is 7. The molecule has 3 aromatic rings. The smallest absolute Gasteiger partial charge is 0.264 e. The number of nitrogens with zero attached hydrogens (tertiary/aromatic N) is 2. The van der Waals surface area contributed by atoms with Crippen LogP contribution < -0.4 is 14.4 Å². The molecule has 0 spiro atoms. The van der Waals surface area contributed by atoms with Gasteiger partial charge in [0.1, 0.15) is 18.9 Å². The van der Waals surface area contributed by atoms with Crippen molar-refractivity contribution >= 4 is 31.6 Å². The van der Waals surface area contributed by atoms with Crippen LogP contribution in [0.3, 0.4) is 0 Å². The molecular weight excluding hydrogens is 566 g/mol. The Bertz CT molecular complexity index is 1570. The highest BCUT2D eigenvalue weighted by Crippen LogP contribution is 2.28. The molecule has 41 heavy (non-hydrogen) atoms. The van der Waals surface area contributed by atoms with E-state index in [1.807, 2.05) is 26.8 Å². The number of morpholine rings is 1. The van der Waals surface area contributed by atoms with E-state index in [9.17, 15) is 21.6 Å². The fraction of sp³-hybridized carbons (Fsp3) is 0.345. The van der Waals surface area contributed by atoms with E-state index in [1.54, 1.807) is 36.4 Å². The van der Waals surface area contributed by atoms with Crippen molar-refractivity contribution in [1.82, 2.24) is 9.62 Å². The summed E-state index contributed by atoms with van der Waals surface area (Å²) in [4.78, 5) is 13.2. The van der Waals surface area contributed by atoms with Gasteiger partial charge >= 0.3 is 0 Å². The SMILES string of the molecule is Cc1ccc(S(=O)(=O)N(CC(=O)NCCOc2ccc(S(=O)(=O)N3CCOCC3)cc2)c2cccc(C)c2C)cc1. The molecule has 12 heteroatoms.